The average Bonchev–Trinajstić information content (AvgIpc) is 3.21. The first-order valence-electron chi connectivity index (χ1n) is 9.11. The number of rotatable bonds is 2. The van der Waals surface area contributed by atoms with Crippen LogP contribution in [-0.4, -0.2) is 28.9 Å². The summed E-state index contributed by atoms with van der Waals surface area (Å²) < 4.78 is 56.3. The fourth-order valence-electron chi connectivity index (χ4n) is 3.70. The summed E-state index contributed by atoms with van der Waals surface area (Å²) in [5.74, 6) is -2.07. The van der Waals surface area contributed by atoms with E-state index in [4.69, 9.17) is 5.73 Å². The van der Waals surface area contributed by atoms with E-state index < -0.39 is 29.0 Å². The highest BCUT2D eigenvalue weighted by Gasteiger charge is 2.41. The Labute approximate surface area is 163 Å². The smallest absolute Gasteiger partial charge is 0.383 e. The number of benzene rings is 2. The fourth-order valence-corrected chi connectivity index (χ4v) is 3.70. The minimum absolute atomic E-state index is 0.196. The van der Waals surface area contributed by atoms with E-state index >= 15 is 4.39 Å². The summed E-state index contributed by atoms with van der Waals surface area (Å²) in [6.07, 6.45) is -2.05. The lowest BCUT2D eigenvalue weighted by atomic mass is 9.95. The third-order valence-electron chi connectivity index (χ3n) is 5.16. The highest BCUT2D eigenvalue weighted by molar-refractivity contribution is 5.98. The minimum atomic E-state index is -5.01. The van der Waals surface area contributed by atoms with Gasteiger partial charge in [-0.2, -0.15) is 13.2 Å². The Balaban J connectivity index is 1.88. The maximum atomic E-state index is 15.1. The number of hydrogen-bond acceptors (Lipinski definition) is 3. The molecule has 1 saturated heterocycles. The predicted molar refractivity (Wildman–Crippen MR) is 102 cm³/mol. The first kappa shape index (κ1) is 19.2. The van der Waals surface area contributed by atoms with Crippen molar-refractivity contribution >= 4 is 22.5 Å². The van der Waals surface area contributed by atoms with Crippen molar-refractivity contribution in [1.82, 2.24) is 9.88 Å². The van der Waals surface area contributed by atoms with Gasteiger partial charge in [0.05, 0.1) is 5.56 Å². The molecule has 150 valence electrons. The predicted octanol–water partition coefficient (Wildman–Crippen LogP) is 4.88. The van der Waals surface area contributed by atoms with Crippen molar-refractivity contribution in [1.29, 1.82) is 0 Å². The molecule has 29 heavy (non-hydrogen) atoms. The number of likely N-dealkylation sites (tertiary alicyclic amines) is 1. The summed E-state index contributed by atoms with van der Waals surface area (Å²) >= 11 is 0. The number of carbonyl (C=O) groups is 1. The zero-order chi connectivity index (χ0) is 20.8. The van der Waals surface area contributed by atoms with Crippen LogP contribution in [0.4, 0.5) is 23.4 Å². The topological polar surface area (TPSA) is 59.2 Å². The summed E-state index contributed by atoms with van der Waals surface area (Å²) in [5.41, 5.74) is 3.61. The van der Waals surface area contributed by atoms with E-state index in [0.717, 1.165) is 24.3 Å². The summed E-state index contributed by atoms with van der Waals surface area (Å²) in [7, 11) is 0. The Hall–Kier alpha value is -3.16. The average molecular weight is 403 g/mol. The van der Waals surface area contributed by atoms with Crippen LogP contribution in [-0.2, 0) is 6.18 Å². The fraction of sp³-hybridized carbons (Fsp3) is 0.238. The number of pyridine rings is 1. The number of aromatic nitrogens is 1. The molecule has 1 amide bonds. The van der Waals surface area contributed by atoms with Crippen LogP contribution < -0.4 is 5.73 Å². The highest BCUT2D eigenvalue weighted by Crippen LogP contribution is 2.39. The molecule has 0 spiro atoms. The van der Waals surface area contributed by atoms with E-state index in [0.29, 0.717) is 18.5 Å². The lowest BCUT2D eigenvalue weighted by Gasteiger charge is -2.20. The number of nitrogens with zero attached hydrogens (tertiary/aromatic N) is 2. The zero-order valence-corrected chi connectivity index (χ0v) is 15.3. The highest BCUT2D eigenvalue weighted by atomic mass is 19.4. The molecular weight excluding hydrogens is 386 g/mol. The molecule has 2 aromatic carbocycles. The zero-order valence-electron chi connectivity index (χ0n) is 15.3. The maximum Gasteiger partial charge on any atom is 0.420 e. The number of carbonyl (C=O) groups excluding carboxylic acids is 1. The van der Waals surface area contributed by atoms with Crippen LogP contribution in [0.25, 0.3) is 21.9 Å². The van der Waals surface area contributed by atoms with E-state index in [1.165, 1.54) is 29.3 Å². The Morgan fingerprint density at radius 3 is 2.48 bits per heavy atom. The molecule has 2 heterocycles. The first-order valence-corrected chi connectivity index (χ1v) is 9.11. The van der Waals surface area contributed by atoms with Crippen LogP contribution in [0, 0.1) is 5.82 Å². The Bertz CT molecular complexity index is 1110. The van der Waals surface area contributed by atoms with Gasteiger partial charge in [0.15, 0.2) is 0 Å². The summed E-state index contributed by atoms with van der Waals surface area (Å²) in [4.78, 5) is 17.9. The lowest BCUT2D eigenvalue weighted by Crippen LogP contribution is -2.30. The largest absolute Gasteiger partial charge is 0.420 e. The molecule has 0 aliphatic carbocycles. The van der Waals surface area contributed by atoms with Crippen molar-refractivity contribution in [2.45, 2.75) is 19.0 Å². The number of halogens is 4. The number of amides is 1. The van der Waals surface area contributed by atoms with Gasteiger partial charge < -0.3 is 10.6 Å². The summed E-state index contributed by atoms with van der Waals surface area (Å²) in [5, 5.41) is 1.24. The first-order chi connectivity index (χ1) is 13.8. The van der Waals surface area contributed by atoms with Crippen molar-refractivity contribution in [3.63, 3.8) is 0 Å². The molecule has 3 aromatic rings. The molecule has 0 atom stereocenters. The molecule has 1 aromatic heterocycles. The Morgan fingerprint density at radius 2 is 1.79 bits per heavy atom. The standard InChI is InChI=1S/C21H17F4N3O/c22-18-14(13-4-3-12-7-8-27-19(26)16(12)11-13)5-6-15(17(18)21(23,24)25)20(29)28-9-1-2-10-28/h3-8,11H,1-2,9-10H2,(H2,26,27). The number of alkyl halides is 3. The lowest BCUT2D eigenvalue weighted by molar-refractivity contribution is -0.140. The van der Waals surface area contributed by atoms with E-state index in [9.17, 15) is 18.0 Å². The van der Waals surface area contributed by atoms with Gasteiger partial charge in [0.1, 0.15) is 17.2 Å². The van der Waals surface area contributed by atoms with E-state index in [1.54, 1.807) is 12.1 Å². The van der Waals surface area contributed by atoms with Crippen molar-refractivity contribution in [2.75, 3.05) is 18.8 Å². The SMILES string of the molecule is Nc1nccc2ccc(-c3ccc(C(=O)N4CCCC4)c(C(F)(F)F)c3F)cc12. The van der Waals surface area contributed by atoms with Crippen LogP contribution in [0.1, 0.15) is 28.8 Å². The van der Waals surface area contributed by atoms with Gasteiger partial charge in [0.2, 0.25) is 0 Å². The van der Waals surface area contributed by atoms with Gasteiger partial charge in [-0.05, 0) is 42.0 Å². The molecule has 4 rings (SSSR count). The Morgan fingerprint density at radius 1 is 1.07 bits per heavy atom. The molecular formula is C21H17F4N3O. The second-order valence-electron chi connectivity index (χ2n) is 6.98. The molecule has 0 radical (unpaired) electrons. The second kappa shape index (κ2) is 7.02. The molecule has 2 N–H and O–H groups in total. The molecule has 0 unspecified atom stereocenters. The van der Waals surface area contributed by atoms with Gasteiger partial charge in [-0.25, -0.2) is 9.37 Å². The van der Waals surface area contributed by atoms with Crippen molar-refractivity contribution in [2.24, 2.45) is 0 Å². The number of hydrogen-bond donors (Lipinski definition) is 1. The number of fused-ring (bicyclic) bond motifs is 1. The maximum absolute atomic E-state index is 15.1. The molecule has 0 saturated carbocycles. The number of nitrogen functional groups attached to an aromatic ring is 1. The van der Waals surface area contributed by atoms with Crippen molar-refractivity contribution < 1.29 is 22.4 Å². The van der Waals surface area contributed by atoms with Crippen LogP contribution in [0.15, 0.2) is 42.6 Å². The minimum Gasteiger partial charge on any atom is -0.383 e. The van der Waals surface area contributed by atoms with Gasteiger partial charge in [0, 0.05) is 30.2 Å². The van der Waals surface area contributed by atoms with Gasteiger partial charge in [-0.15, -0.1) is 0 Å². The van der Waals surface area contributed by atoms with Gasteiger partial charge in [-0.3, -0.25) is 4.79 Å². The molecule has 4 nitrogen and oxygen atoms in total. The molecule has 1 fully saturated rings. The van der Waals surface area contributed by atoms with Crippen molar-refractivity contribution in [3.05, 3.63) is 59.5 Å². The third-order valence-corrected chi connectivity index (χ3v) is 5.16. The number of nitrogens with two attached hydrogens (primary N) is 1. The van der Waals surface area contributed by atoms with Crippen LogP contribution in [0.3, 0.4) is 0 Å². The van der Waals surface area contributed by atoms with Crippen molar-refractivity contribution in [3.8, 4) is 11.1 Å². The van der Waals surface area contributed by atoms with E-state index in [1.807, 2.05) is 0 Å². The molecule has 0 bridgehead atoms. The van der Waals surface area contributed by atoms with Gasteiger partial charge >= 0.3 is 6.18 Å². The van der Waals surface area contributed by atoms with Crippen LogP contribution in [0.2, 0.25) is 0 Å². The van der Waals surface area contributed by atoms with Gasteiger partial charge in [-0.1, -0.05) is 18.2 Å². The normalized spacial score (nSPS) is 14.6. The van der Waals surface area contributed by atoms with E-state index in [-0.39, 0.29) is 16.9 Å². The number of anilines is 1. The summed E-state index contributed by atoms with van der Waals surface area (Å²) in [6, 6.07) is 8.62. The monoisotopic (exact) mass is 403 g/mol. The van der Waals surface area contributed by atoms with Crippen LogP contribution >= 0.6 is 0 Å². The van der Waals surface area contributed by atoms with E-state index in [2.05, 4.69) is 4.98 Å². The summed E-state index contributed by atoms with van der Waals surface area (Å²) in [6.45, 7) is 0.743. The molecule has 1 aliphatic heterocycles. The second-order valence-corrected chi connectivity index (χ2v) is 6.98. The molecule has 1 aliphatic rings. The third kappa shape index (κ3) is 3.39. The van der Waals surface area contributed by atoms with Crippen LogP contribution in [0.5, 0.6) is 0 Å². The van der Waals surface area contributed by atoms with Gasteiger partial charge in [0.25, 0.3) is 5.91 Å². The quantitative estimate of drug-likeness (QED) is 0.621. The Kier molecular flexibility index (Phi) is 4.64. The molecule has 8 heteroatoms.